The van der Waals surface area contributed by atoms with Crippen LogP contribution in [0.1, 0.15) is 53.3 Å². The van der Waals surface area contributed by atoms with Gasteiger partial charge in [0, 0.05) is 19.0 Å². The van der Waals surface area contributed by atoms with E-state index in [0.717, 1.165) is 28.7 Å². The molecule has 0 aromatic carbocycles. The van der Waals surface area contributed by atoms with Crippen LogP contribution in [0.25, 0.3) is 5.52 Å². The van der Waals surface area contributed by atoms with Crippen LogP contribution < -0.4 is 0 Å². The molecule has 2 aromatic rings. The van der Waals surface area contributed by atoms with E-state index in [1.807, 2.05) is 0 Å². The Balaban J connectivity index is 1.27. The van der Waals surface area contributed by atoms with Crippen LogP contribution in [0.5, 0.6) is 0 Å². The van der Waals surface area contributed by atoms with Crippen molar-refractivity contribution in [3.8, 4) is 0 Å². The van der Waals surface area contributed by atoms with E-state index < -0.39 is 53.8 Å². The molecule has 3 aliphatic carbocycles. The first kappa shape index (κ1) is 22.1. The van der Waals surface area contributed by atoms with Gasteiger partial charge >= 0.3 is 6.18 Å². The van der Waals surface area contributed by atoms with E-state index in [-0.39, 0.29) is 41.9 Å². The fourth-order valence-electron chi connectivity index (χ4n) is 5.47. The molecule has 2 amide bonds. The lowest BCUT2D eigenvalue weighted by molar-refractivity contribution is -0.149. The molecule has 0 N–H and O–H groups in total. The molecule has 3 saturated carbocycles. The fraction of sp³-hybridized carbons (Fsp3) is 0.591. The number of carbonyl (C=O) groups is 2. The van der Waals surface area contributed by atoms with Crippen molar-refractivity contribution in [1.82, 2.24) is 19.4 Å². The summed E-state index contributed by atoms with van der Waals surface area (Å²) in [5.41, 5.74) is -0.971. The average molecular weight is 503 g/mol. The monoisotopic (exact) mass is 502 g/mol. The maximum Gasteiger partial charge on any atom is 0.433 e. The summed E-state index contributed by atoms with van der Waals surface area (Å²) in [6, 6.07) is 1.36. The molecule has 12 heteroatoms. The lowest BCUT2D eigenvalue weighted by Crippen LogP contribution is -2.59. The van der Waals surface area contributed by atoms with Crippen molar-refractivity contribution in [2.45, 2.75) is 49.7 Å². The van der Waals surface area contributed by atoms with Crippen LogP contribution in [0.2, 0.25) is 5.02 Å². The summed E-state index contributed by atoms with van der Waals surface area (Å²) in [5.74, 6) is -5.08. The van der Waals surface area contributed by atoms with Crippen LogP contribution in [0.15, 0.2) is 12.1 Å². The molecule has 0 spiro atoms. The number of fused-ring (bicyclic) bond motifs is 2. The van der Waals surface area contributed by atoms with Gasteiger partial charge in [-0.15, -0.1) is 0 Å². The quantitative estimate of drug-likeness (QED) is 0.591. The van der Waals surface area contributed by atoms with Gasteiger partial charge in [0.15, 0.2) is 5.69 Å². The first-order valence-electron chi connectivity index (χ1n) is 11.2. The summed E-state index contributed by atoms with van der Waals surface area (Å²) in [6.45, 7) is -0.560. The van der Waals surface area contributed by atoms with Crippen molar-refractivity contribution in [3.63, 3.8) is 0 Å². The Morgan fingerprint density at radius 1 is 1.15 bits per heavy atom. The number of halogens is 6. The second-order valence-corrected chi connectivity index (χ2v) is 10.1. The van der Waals surface area contributed by atoms with Crippen molar-refractivity contribution < 1.29 is 31.5 Å². The smallest absolute Gasteiger partial charge is 0.330 e. The van der Waals surface area contributed by atoms with Gasteiger partial charge in [0.2, 0.25) is 5.91 Å². The molecule has 4 aliphatic rings. The van der Waals surface area contributed by atoms with Gasteiger partial charge in [0.05, 0.1) is 16.6 Å². The molecular formula is C22H20ClF5N4O2. The number of aromatic nitrogens is 2. The third kappa shape index (κ3) is 3.30. The van der Waals surface area contributed by atoms with Gasteiger partial charge in [0.25, 0.3) is 11.8 Å². The fourth-order valence-corrected chi connectivity index (χ4v) is 5.73. The lowest BCUT2D eigenvalue weighted by Gasteiger charge is -2.40. The van der Waals surface area contributed by atoms with Crippen LogP contribution in [-0.4, -0.2) is 62.8 Å². The molecule has 6 nitrogen and oxygen atoms in total. The number of amides is 2. The van der Waals surface area contributed by atoms with Gasteiger partial charge in [-0.05, 0) is 55.2 Å². The highest BCUT2D eigenvalue weighted by atomic mass is 35.5. The van der Waals surface area contributed by atoms with Gasteiger partial charge in [0.1, 0.15) is 12.2 Å². The minimum absolute atomic E-state index is 0.0154. The molecule has 2 aromatic heterocycles. The van der Waals surface area contributed by atoms with Crippen molar-refractivity contribution in [2.24, 2.45) is 11.8 Å². The lowest BCUT2D eigenvalue weighted by atomic mass is 10.0. The van der Waals surface area contributed by atoms with E-state index in [1.54, 1.807) is 0 Å². The van der Waals surface area contributed by atoms with Gasteiger partial charge in [-0.25, -0.2) is 13.3 Å². The van der Waals surface area contributed by atoms with Crippen molar-refractivity contribution in [3.05, 3.63) is 34.1 Å². The predicted octanol–water partition coefficient (Wildman–Crippen LogP) is 4.21. The third-order valence-electron chi connectivity index (χ3n) is 7.55. The summed E-state index contributed by atoms with van der Waals surface area (Å²) >= 11 is 6.32. The first-order chi connectivity index (χ1) is 16.0. The van der Waals surface area contributed by atoms with Gasteiger partial charge in [-0.2, -0.15) is 18.3 Å². The average Bonchev–Trinajstić information content (AvgIpc) is 3.68. The first-order valence-corrected chi connectivity index (χ1v) is 11.6. The van der Waals surface area contributed by atoms with Gasteiger partial charge in [-0.1, -0.05) is 11.6 Å². The Bertz CT molecular complexity index is 1220. The van der Waals surface area contributed by atoms with Crippen LogP contribution in [0, 0.1) is 11.8 Å². The zero-order valence-corrected chi connectivity index (χ0v) is 18.5. The molecule has 1 saturated heterocycles. The Hall–Kier alpha value is -2.43. The van der Waals surface area contributed by atoms with E-state index >= 15 is 0 Å². The topological polar surface area (TPSA) is 57.9 Å². The predicted molar refractivity (Wildman–Crippen MR) is 110 cm³/mol. The van der Waals surface area contributed by atoms with E-state index in [4.69, 9.17) is 11.6 Å². The third-order valence-corrected chi connectivity index (χ3v) is 7.92. The van der Waals surface area contributed by atoms with E-state index in [2.05, 4.69) is 5.10 Å². The van der Waals surface area contributed by atoms with Crippen molar-refractivity contribution in [1.29, 1.82) is 0 Å². The number of piperazine rings is 1. The Morgan fingerprint density at radius 2 is 1.88 bits per heavy atom. The second kappa shape index (κ2) is 7.05. The number of carbonyl (C=O) groups excluding carboxylic acids is 2. The van der Waals surface area contributed by atoms with Crippen LogP contribution in [0.4, 0.5) is 22.0 Å². The van der Waals surface area contributed by atoms with Crippen LogP contribution in [-0.2, 0) is 11.0 Å². The van der Waals surface area contributed by atoms with Crippen molar-refractivity contribution in [2.75, 3.05) is 19.6 Å². The molecule has 34 heavy (non-hydrogen) atoms. The molecule has 4 fully saturated rings. The minimum atomic E-state index is -4.71. The number of hydrogen-bond acceptors (Lipinski definition) is 3. The number of hydrogen-bond donors (Lipinski definition) is 0. The maximum atomic E-state index is 14.5. The van der Waals surface area contributed by atoms with Crippen LogP contribution >= 0.6 is 11.6 Å². The van der Waals surface area contributed by atoms with Gasteiger partial charge < -0.3 is 9.80 Å². The summed E-state index contributed by atoms with van der Waals surface area (Å²) < 4.78 is 70.8. The normalized spacial score (nSPS) is 28.5. The summed E-state index contributed by atoms with van der Waals surface area (Å²) in [4.78, 5) is 28.1. The Labute approximate surface area is 195 Å². The molecular weight excluding hydrogens is 483 g/mol. The molecule has 182 valence electrons. The largest absolute Gasteiger partial charge is 0.433 e. The summed E-state index contributed by atoms with van der Waals surface area (Å²) in [7, 11) is 0. The highest BCUT2D eigenvalue weighted by Gasteiger charge is 2.67. The molecule has 0 bridgehead atoms. The number of nitrogens with zero attached hydrogens (tertiary/aromatic N) is 4. The van der Waals surface area contributed by atoms with Crippen LogP contribution in [0.3, 0.4) is 0 Å². The molecule has 0 radical (unpaired) electrons. The second-order valence-electron chi connectivity index (χ2n) is 9.75. The van der Waals surface area contributed by atoms with E-state index in [9.17, 15) is 31.5 Å². The van der Waals surface area contributed by atoms with E-state index in [0.29, 0.717) is 16.5 Å². The zero-order chi connectivity index (χ0) is 24.2. The van der Waals surface area contributed by atoms with Gasteiger partial charge in [-0.3, -0.25) is 9.59 Å². The molecule has 6 rings (SSSR count). The number of alkyl halides is 5. The zero-order valence-electron chi connectivity index (χ0n) is 17.8. The Kier molecular flexibility index (Phi) is 4.58. The number of rotatable bonds is 3. The standard InChI is InChI=1S/C22H20ClF5N4O2/c23-18-14-6-11(10-1-2-10)7-16(22(26,27)28)32(14)29-19(18)20(34)30-3-4-31(17(33)9-30)15-8-12-5-13(12)21(15,24)25/h6-7,10,12-13,15H,1-5,8-9H2/t12-,13-,15-/m0/s1. The highest BCUT2D eigenvalue weighted by molar-refractivity contribution is 6.36. The van der Waals surface area contributed by atoms with E-state index in [1.165, 1.54) is 6.07 Å². The Morgan fingerprint density at radius 3 is 2.47 bits per heavy atom. The number of pyridine rings is 1. The SMILES string of the molecule is O=C(c1nn2c(C(F)(F)F)cc(C3CC3)cc2c1Cl)N1CCN([C@H]2C[C@@H]3C[C@@H]3C2(F)F)C(=O)C1. The highest BCUT2D eigenvalue weighted by Crippen LogP contribution is 2.61. The maximum absolute atomic E-state index is 14.5. The van der Waals surface area contributed by atoms with Crippen molar-refractivity contribution >= 4 is 28.9 Å². The molecule has 1 aliphatic heterocycles. The molecule has 3 heterocycles. The molecule has 3 atom stereocenters. The summed E-state index contributed by atoms with van der Waals surface area (Å²) in [6.07, 6.45) is -2.43. The minimum Gasteiger partial charge on any atom is -0.330 e. The summed E-state index contributed by atoms with van der Waals surface area (Å²) in [5, 5.41) is 3.64. The molecule has 0 unspecified atom stereocenters.